The molecule has 252 valence electrons. The summed E-state index contributed by atoms with van der Waals surface area (Å²) < 4.78 is 61.0. The Bertz CT molecular complexity index is 1330. The van der Waals surface area contributed by atoms with Crippen LogP contribution in [0.3, 0.4) is 0 Å². The Morgan fingerprint density at radius 2 is 1.30 bits per heavy atom. The van der Waals surface area contributed by atoms with E-state index in [0.29, 0.717) is 48.6 Å². The Kier molecular flexibility index (Phi) is 12.6. The SMILES string of the molecule is COC(=O)C1(C(=O)[C@H](C)N(C(=O)Cc2cc(F)cc(F)c2)C(=O)Cc2cc(F)cc(F)c2)CCCCN1C(C)[C@@H](O)CCC(C)C. The van der Waals surface area contributed by atoms with Gasteiger partial charge in [0.2, 0.25) is 11.8 Å². The number of ether oxygens (including phenoxy) is 1. The number of esters is 1. The summed E-state index contributed by atoms with van der Waals surface area (Å²) in [6, 6.07) is 2.49. The molecule has 0 radical (unpaired) electrons. The average Bonchev–Trinajstić information content (AvgIpc) is 2.97. The molecule has 2 aromatic carbocycles. The molecule has 1 heterocycles. The lowest BCUT2D eigenvalue weighted by molar-refractivity contribution is -0.172. The number of rotatable bonds is 13. The van der Waals surface area contributed by atoms with Crippen molar-refractivity contribution < 1.29 is 46.6 Å². The van der Waals surface area contributed by atoms with E-state index in [1.165, 1.54) is 6.92 Å². The van der Waals surface area contributed by atoms with Crippen LogP contribution in [0.4, 0.5) is 17.6 Å². The lowest BCUT2D eigenvalue weighted by atomic mass is 9.78. The Morgan fingerprint density at radius 3 is 1.74 bits per heavy atom. The van der Waals surface area contributed by atoms with Crippen molar-refractivity contribution >= 4 is 23.6 Å². The molecule has 4 atom stereocenters. The molecule has 0 aromatic heterocycles. The second-order valence-electron chi connectivity index (χ2n) is 12.4. The first-order valence-electron chi connectivity index (χ1n) is 15.4. The number of Topliss-reactive ketones (excluding diaryl/α,β-unsaturated/α-hetero) is 1. The van der Waals surface area contributed by atoms with Crippen molar-refractivity contribution in [2.24, 2.45) is 5.92 Å². The highest BCUT2D eigenvalue weighted by Crippen LogP contribution is 2.36. The zero-order valence-corrected chi connectivity index (χ0v) is 26.8. The van der Waals surface area contributed by atoms with E-state index in [1.807, 2.05) is 13.8 Å². The summed E-state index contributed by atoms with van der Waals surface area (Å²) in [7, 11) is 1.11. The second kappa shape index (κ2) is 15.8. The molecule has 8 nitrogen and oxygen atoms in total. The first-order chi connectivity index (χ1) is 21.6. The van der Waals surface area contributed by atoms with E-state index >= 15 is 0 Å². The van der Waals surface area contributed by atoms with Crippen LogP contribution in [-0.4, -0.2) is 75.9 Å². The summed E-state index contributed by atoms with van der Waals surface area (Å²) in [6.07, 6.45) is -0.238. The first kappa shape index (κ1) is 36.8. The number of imide groups is 1. The van der Waals surface area contributed by atoms with Crippen molar-refractivity contribution in [1.82, 2.24) is 9.80 Å². The number of amides is 2. The Balaban J connectivity index is 2.07. The molecule has 1 aliphatic rings. The number of aliphatic hydroxyl groups is 1. The minimum atomic E-state index is -1.99. The average molecular weight is 651 g/mol. The third-order valence-electron chi connectivity index (χ3n) is 8.56. The highest BCUT2D eigenvalue weighted by atomic mass is 19.1. The maximum Gasteiger partial charge on any atom is 0.334 e. The molecule has 1 saturated heterocycles. The van der Waals surface area contributed by atoms with Gasteiger partial charge in [0.25, 0.3) is 0 Å². The van der Waals surface area contributed by atoms with E-state index in [4.69, 9.17) is 4.74 Å². The fourth-order valence-electron chi connectivity index (χ4n) is 6.23. The Labute approximate surface area is 266 Å². The molecule has 2 amide bonds. The van der Waals surface area contributed by atoms with Gasteiger partial charge in [0, 0.05) is 24.7 Å². The molecule has 1 aliphatic heterocycles. The standard InChI is InChI=1S/C34H42F4N2O6/c1-20(2)8-9-29(41)21(3)39-11-7-6-10-34(39,33(45)46-5)32(44)22(4)40(30(42)16-23-12-25(35)18-26(36)13-23)31(43)17-24-14-27(37)19-28(38)15-24/h12-15,18-22,29,41H,6-11,16-17H2,1-5H3/t21?,22-,29-,34?/m0/s1. The second-order valence-corrected chi connectivity index (χ2v) is 12.4. The highest BCUT2D eigenvalue weighted by Gasteiger charge is 2.57. The fourth-order valence-corrected chi connectivity index (χ4v) is 6.23. The molecule has 1 N–H and O–H groups in total. The monoisotopic (exact) mass is 650 g/mol. The van der Waals surface area contributed by atoms with Gasteiger partial charge in [0.05, 0.1) is 32.1 Å². The number of benzene rings is 2. The zero-order chi connectivity index (χ0) is 34.3. The van der Waals surface area contributed by atoms with Crippen LogP contribution in [0, 0.1) is 29.2 Å². The van der Waals surface area contributed by atoms with Crippen LogP contribution in [-0.2, 0) is 36.8 Å². The van der Waals surface area contributed by atoms with Crippen molar-refractivity contribution in [3.8, 4) is 0 Å². The minimum Gasteiger partial charge on any atom is -0.467 e. The summed E-state index contributed by atoms with van der Waals surface area (Å²) >= 11 is 0. The topological polar surface area (TPSA) is 104 Å². The summed E-state index contributed by atoms with van der Waals surface area (Å²) in [5, 5.41) is 11.1. The van der Waals surface area contributed by atoms with Crippen LogP contribution < -0.4 is 0 Å². The van der Waals surface area contributed by atoms with Crippen molar-refractivity contribution in [1.29, 1.82) is 0 Å². The van der Waals surface area contributed by atoms with Crippen LogP contribution in [0.15, 0.2) is 36.4 Å². The normalized spacial score (nSPS) is 18.9. The van der Waals surface area contributed by atoms with E-state index in [0.717, 1.165) is 31.4 Å². The largest absolute Gasteiger partial charge is 0.467 e. The van der Waals surface area contributed by atoms with Gasteiger partial charge < -0.3 is 9.84 Å². The predicted molar refractivity (Wildman–Crippen MR) is 161 cm³/mol. The number of hydrogen-bond donors (Lipinski definition) is 1. The quantitative estimate of drug-likeness (QED) is 0.186. The maximum absolute atomic E-state index is 14.6. The Morgan fingerprint density at radius 1 is 0.826 bits per heavy atom. The van der Waals surface area contributed by atoms with Crippen molar-refractivity contribution in [2.45, 2.75) is 96.4 Å². The van der Waals surface area contributed by atoms with E-state index < -0.39 is 83.4 Å². The molecular weight excluding hydrogens is 608 g/mol. The molecular formula is C34H42F4N2O6. The highest BCUT2D eigenvalue weighted by molar-refractivity contribution is 6.13. The number of likely N-dealkylation sites (tertiary alicyclic amines) is 1. The van der Waals surface area contributed by atoms with Gasteiger partial charge in [-0.25, -0.2) is 22.4 Å². The van der Waals surface area contributed by atoms with Gasteiger partial charge in [-0.1, -0.05) is 13.8 Å². The third kappa shape index (κ3) is 8.58. The molecule has 0 bridgehead atoms. The van der Waals surface area contributed by atoms with Gasteiger partial charge in [0.1, 0.15) is 23.3 Å². The number of piperidine rings is 1. The van der Waals surface area contributed by atoms with Gasteiger partial charge in [0.15, 0.2) is 11.3 Å². The number of carbonyl (C=O) groups is 4. The third-order valence-corrected chi connectivity index (χ3v) is 8.56. The van der Waals surface area contributed by atoms with Crippen molar-refractivity contribution in [3.05, 3.63) is 70.8 Å². The molecule has 12 heteroatoms. The smallest absolute Gasteiger partial charge is 0.334 e. The molecule has 1 fully saturated rings. The van der Waals surface area contributed by atoms with Gasteiger partial charge >= 0.3 is 5.97 Å². The van der Waals surface area contributed by atoms with Gasteiger partial charge in [-0.2, -0.15) is 0 Å². The summed E-state index contributed by atoms with van der Waals surface area (Å²) in [5.41, 5.74) is -2.24. The van der Waals surface area contributed by atoms with Gasteiger partial charge in [-0.15, -0.1) is 0 Å². The van der Waals surface area contributed by atoms with E-state index in [-0.39, 0.29) is 24.1 Å². The first-order valence-corrected chi connectivity index (χ1v) is 15.4. The molecule has 2 unspecified atom stereocenters. The predicted octanol–water partition coefficient (Wildman–Crippen LogP) is 4.92. The molecule has 0 saturated carbocycles. The van der Waals surface area contributed by atoms with Crippen LogP contribution in [0.25, 0.3) is 0 Å². The van der Waals surface area contributed by atoms with Crippen molar-refractivity contribution in [2.75, 3.05) is 13.7 Å². The molecule has 2 aromatic rings. The van der Waals surface area contributed by atoms with Crippen LogP contribution in [0.5, 0.6) is 0 Å². The maximum atomic E-state index is 14.6. The van der Waals surface area contributed by atoms with Crippen LogP contribution >= 0.6 is 0 Å². The number of hydrogen-bond acceptors (Lipinski definition) is 7. The summed E-state index contributed by atoms with van der Waals surface area (Å²) in [4.78, 5) is 57.8. The van der Waals surface area contributed by atoms with Gasteiger partial charge in [-0.05, 0) is 87.3 Å². The molecule has 0 spiro atoms. The number of ketones is 1. The number of methoxy groups -OCH3 is 1. The van der Waals surface area contributed by atoms with Crippen LogP contribution in [0.1, 0.15) is 70.9 Å². The number of halogens is 4. The molecule has 3 rings (SSSR count). The zero-order valence-electron chi connectivity index (χ0n) is 26.8. The number of aliphatic hydroxyl groups excluding tert-OH is 1. The van der Waals surface area contributed by atoms with Crippen LogP contribution in [0.2, 0.25) is 0 Å². The van der Waals surface area contributed by atoms with Gasteiger partial charge in [-0.3, -0.25) is 24.2 Å². The lowest BCUT2D eigenvalue weighted by Crippen LogP contribution is -2.70. The van der Waals surface area contributed by atoms with Crippen molar-refractivity contribution in [3.63, 3.8) is 0 Å². The fraction of sp³-hybridized carbons (Fsp3) is 0.529. The van der Waals surface area contributed by atoms with E-state index in [9.17, 15) is 41.8 Å². The summed E-state index contributed by atoms with van der Waals surface area (Å²) in [5.74, 6) is -7.41. The Hall–Kier alpha value is -3.64. The summed E-state index contributed by atoms with van der Waals surface area (Å²) in [6.45, 7) is 7.17. The van der Waals surface area contributed by atoms with E-state index in [2.05, 4.69) is 0 Å². The van der Waals surface area contributed by atoms with E-state index in [1.54, 1.807) is 11.8 Å². The lowest BCUT2D eigenvalue weighted by Gasteiger charge is -2.49. The molecule has 0 aliphatic carbocycles. The number of carbonyl (C=O) groups excluding carboxylic acids is 4. The molecule has 46 heavy (non-hydrogen) atoms. The number of nitrogens with zero attached hydrogens (tertiary/aromatic N) is 2. The minimum absolute atomic E-state index is 0.0233.